The van der Waals surface area contributed by atoms with Gasteiger partial charge >= 0.3 is 0 Å². The number of hydrogen-bond acceptors (Lipinski definition) is 2. The SMILES string of the molecule is C=C1C2(C(=O)Nc3ccc(Cc4ccc(NC(=O)C56CCC(C5)C(C)(C)C6=C)cc4)cc3)CCC(C2)C1(C)C. The van der Waals surface area contributed by atoms with Gasteiger partial charge in [-0.1, -0.05) is 76.3 Å². The normalized spacial score (nSPS) is 31.5. The van der Waals surface area contributed by atoms with E-state index in [9.17, 15) is 9.59 Å². The van der Waals surface area contributed by atoms with Crippen LogP contribution in [-0.4, -0.2) is 11.8 Å². The van der Waals surface area contributed by atoms with Crippen molar-refractivity contribution in [3.05, 3.63) is 84.0 Å². The maximum Gasteiger partial charge on any atom is 0.234 e. The van der Waals surface area contributed by atoms with E-state index in [-0.39, 0.29) is 22.6 Å². The quantitative estimate of drug-likeness (QED) is 0.379. The Kier molecular flexibility index (Phi) is 5.81. The molecule has 4 fully saturated rings. The van der Waals surface area contributed by atoms with Crippen LogP contribution in [0.1, 0.15) is 77.3 Å². The van der Waals surface area contributed by atoms with Crippen molar-refractivity contribution in [2.24, 2.45) is 33.5 Å². The molecule has 39 heavy (non-hydrogen) atoms. The third-order valence-corrected chi connectivity index (χ3v) is 11.5. The van der Waals surface area contributed by atoms with E-state index < -0.39 is 10.8 Å². The lowest BCUT2D eigenvalue weighted by Gasteiger charge is -2.37. The lowest BCUT2D eigenvalue weighted by atomic mass is 9.68. The summed E-state index contributed by atoms with van der Waals surface area (Å²) in [5.41, 5.74) is 5.48. The zero-order chi connectivity index (χ0) is 27.8. The third-order valence-electron chi connectivity index (χ3n) is 11.5. The monoisotopic (exact) mass is 522 g/mol. The number of hydrogen-bond donors (Lipinski definition) is 2. The van der Waals surface area contributed by atoms with Gasteiger partial charge in [0.05, 0.1) is 10.8 Å². The molecule has 2 amide bonds. The Bertz CT molecular complexity index is 1260. The van der Waals surface area contributed by atoms with Crippen LogP contribution >= 0.6 is 0 Å². The zero-order valence-electron chi connectivity index (χ0n) is 24.0. The molecule has 0 saturated heterocycles. The average molecular weight is 523 g/mol. The molecule has 4 aliphatic rings. The number of rotatable bonds is 6. The molecule has 6 rings (SSSR count). The van der Waals surface area contributed by atoms with Gasteiger partial charge in [0.1, 0.15) is 0 Å². The zero-order valence-corrected chi connectivity index (χ0v) is 24.0. The van der Waals surface area contributed by atoms with Gasteiger partial charge in [-0.25, -0.2) is 0 Å². The van der Waals surface area contributed by atoms with Crippen LogP contribution in [0, 0.1) is 33.5 Å². The van der Waals surface area contributed by atoms with E-state index in [4.69, 9.17) is 0 Å². The maximum atomic E-state index is 13.3. The fourth-order valence-corrected chi connectivity index (χ4v) is 8.43. The second-order valence-electron chi connectivity index (χ2n) is 13.9. The number of carbonyl (C=O) groups is 2. The molecule has 0 spiro atoms. The molecule has 204 valence electrons. The number of carbonyl (C=O) groups excluding carboxylic acids is 2. The summed E-state index contributed by atoms with van der Waals surface area (Å²) in [5.74, 6) is 1.32. The van der Waals surface area contributed by atoms with Gasteiger partial charge in [0, 0.05) is 11.4 Å². The van der Waals surface area contributed by atoms with Gasteiger partial charge in [-0.3, -0.25) is 9.59 Å². The molecule has 4 unspecified atom stereocenters. The second kappa shape index (κ2) is 8.68. The van der Waals surface area contributed by atoms with Gasteiger partial charge in [-0.05, 0) is 103 Å². The van der Waals surface area contributed by atoms with Crippen LogP contribution in [0.3, 0.4) is 0 Å². The van der Waals surface area contributed by atoms with E-state index in [0.717, 1.165) is 67.5 Å². The lowest BCUT2D eigenvalue weighted by Crippen LogP contribution is -2.37. The number of anilines is 2. The van der Waals surface area contributed by atoms with E-state index in [1.54, 1.807) is 0 Å². The summed E-state index contributed by atoms with van der Waals surface area (Å²) in [6.07, 6.45) is 6.67. The summed E-state index contributed by atoms with van der Waals surface area (Å²) < 4.78 is 0. The molecule has 0 heterocycles. The molecule has 4 nitrogen and oxygen atoms in total. The first-order valence-corrected chi connectivity index (χ1v) is 14.6. The highest BCUT2D eigenvalue weighted by atomic mass is 16.2. The Morgan fingerprint density at radius 1 is 0.692 bits per heavy atom. The van der Waals surface area contributed by atoms with E-state index in [1.165, 1.54) is 11.1 Å². The van der Waals surface area contributed by atoms with Gasteiger partial charge in [-0.2, -0.15) is 0 Å². The standard InChI is InChI=1S/C35H42N2O2/c1-22-32(3,4)26-15-17-34(22,20-26)30(38)36-28-11-7-24(8-12-28)19-25-9-13-29(14-10-25)37-31(39)35-18-16-27(21-35)33(5,6)23(35)2/h7-14,26-27H,1-2,15-21H2,3-6H3,(H,36,38)(H,37,39). The van der Waals surface area contributed by atoms with Crippen LogP contribution in [0.5, 0.6) is 0 Å². The summed E-state index contributed by atoms with van der Waals surface area (Å²) >= 11 is 0. The molecule has 4 aliphatic carbocycles. The molecule has 2 aromatic carbocycles. The Hall–Kier alpha value is -3.14. The highest BCUT2D eigenvalue weighted by Crippen LogP contribution is 2.66. The van der Waals surface area contributed by atoms with Crippen molar-refractivity contribution in [1.82, 2.24) is 0 Å². The Morgan fingerprint density at radius 2 is 1.05 bits per heavy atom. The van der Waals surface area contributed by atoms with Crippen molar-refractivity contribution < 1.29 is 9.59 Å². The van der Waals surface area contributed by atoms with Crippen LogP contribution in [0.2, 0.25) is 0 Å². The Labute approximate surface area is 233 Å². The minimum atomic E-state index is -0.412. The minimum absolute atomic E-state index is 0.0408. The van der Waals surface area contributed by atoms with Gasteiger partial charge in [0.15, 0.2) is 0 Å². The number of nitrogens with one attached hydrogen (secondary N) is 2. The number of fused-ring (bicyclic) bond motifs is 4. The molecule has 2 N–H and O–H groups in total. The first kappa shape index (κ1) is 26.1. The fourth-order valence-electron chi connectivity index (χ4n) is 8.43. The molecular formula is C35H42N2O2. The van der Waals surface area contributed by atoms with Gasteiger partial charge < -0.3 is 10.6 Å². The number of benzene rings is 2. The highest BCUT2D eigenvalue weighted by Gasteiger charge is 2.62. The average Bonchev–Trinajstić information content (AvgIpc) is 3.64. The number of amides is 2. The van der Waals surface area contributed by atoms with Crippen molar-refractivity contribution in [2.75, 3.05) is 10.6 Å². The van der Waals surface area contributed by atoms with Crippen molar-refractivity contribution in [3.63, 3.8) is 0 Å². The smallest absolute Gasteiger partial charge is 0.234 e. The minimum Gasteiger partial charge on any atom is -0.325 e. The first-order chi connectivity index (χ1) is 18.4. The fraction of sp³-hybridized carbons (Fsp3) is 0.486. The summed E-state index contributed by atoms with van der Waals surface area (Å²) in [7, 11) is 0. The van der Waals surface area contributed by atoms with Crippen LogP contribution in [0.25, 0.3) is 0 Å². The molecule has 0 aromatic heterocycles. The topological polar surface area (TPSA) is 58.2 Å². The van der Waals surface area contributed by atoms with Gasteiger partial charge in [-0.15, -0.1) is 0 Å². The second-order valence-corrected chi connectivity index (χ2v) is 13.9. The van der Waals surface area contributed by atoms with E-state index in [1.807, 2.05) is 24.3 Å². The van der Waals surface area contributed by atoms with Gasteiger partial charge in [0.2, 0.25) is 11.8 Å². The predicted octanol–water partition coefficient (Wildman–Crippen LogP) is 7.92. The van der Waals surface area contributed by atoms with Crippen LogP contribution < -0.4 is 10.6 Å². The van der Waals surface area contributed by atoms with Crippen LogP contribution in [-0.2, 0) is 16.0 Å². The van der Waals surface area contributed by atoms with Crippen LogP contribution in [0.15, 0.2) is 72.8 Å². The molecule has 4 atom stereocenters. The van der Waals surface area contributed by atoms with Crippen molar-refractivity contribution in [3.8, 4) is 0 Å². The molecule has 4 bridgehead atoms. The van der Waals surface area contributed by atoms with E-state index in [0.29, 0.717) is 11.8 Å². The summed E-state index contributed by atoms with van der Waals surface area (Å²) in [6.45, 7) is 17.7. The molecular weight excluding hydrogens is 480 g/mol. The Balaban J connectivity index is 1.06. The molecule has 0 radical (unpaired) electrons. The van der Waals surface area contributed by atoms with Crippen LogP contribution in [0.4, 0.5) is 11.4 Å². The van der Waals surface area contributed by atoms with E-state index >= 15 is 0 Å². The lowest BCUT2D eigenvalue weighted by molar-refractivity contribution is -0.124. The Morgan fingerprint density at radius 3 is 1.36 bits per heavy atom. The predicted molar refractivity (Wildman–Crippen MR) is 158 cm³/mol. The van der Waals surface area contributed by atoms with Gasteiger partial charge in [0.25, 0.3) is 0 Å². The van der Waals surface area contributed by atoms with E-state index in [2.05, 4.69) is 75.8 Å². The van der Waals surface area contributed by atoms with Crippen molar-refractivity contribution >= 4 is 23.2 Å². The van der Waals surface area contributed by atoms with Crippen molar-refractivity contribution in [1.29, 1.82) is 0 Å². The molecule has 0 aliphatic heterocycles. The molecule has 4 saturated carbocycles. The molecule has 2 aromatic rings. The largest absolute Gasteiger partial charge is 0.325 e. The summed E-state index contributed by atoms with van der Waals surface area (Å²) in [5, 5.41) is 6.37. The highest BCUT2D eigenvalue weighted by molar-refractivity contribution is 5.99. The summed E-state index contributed by atoms with van der Waals surface area (Å²) in [6, 6.07) is 16.3. The maximum absolute atomic E-state index is 13.3. The summed E-state index contributed by atoms with van der Waals surface area (Å²) in [4.78, 5) is 26.7. The molecule has 4 heteroatoms. The van der Waals surface area contributed by atoms with Crippen molar-refractivity contribution in [2.45, 2.75) is 72.6 Å². The third kappa shape index (κ3) is 3.85. The first-order valence-electron chi connectivity index (χ1n) is 14.6.